The maximum Gasteiger partial charge on any atom is 0.371 e. The van der Waals surface area contributed by atoms with Gasteiger partial charge in [-0.2, -0.15) is 0 Å². The first-order chi connectivity index (χ1) is 8.15. The Morgan fingerprint density at radius 1 is 1.35 bits per heavy atom. The van der Waals surface area contributed by atoms with Crippen molar-refractivity contribution in [1.82, 2.24) is 0 Å². The van der Waals surface area contributed by atoms with Crippen LogP contribution in [0.25, 0.3) is 0 Å². The number of carbonyl (C=O) groups is 1. The van der Waals surface area contributed by atoms with Gasteiger partial charge in [0.25, 0.3) is 0 Å². The number of halogens is 1. The van der Waals surface area contributed by atoms with Crippen molar-refractivity contribution in [3.8, 4) is 0 Å². The van der Waals surface area contributed by atoms with Crippen molar-refractivity contribution >= 4 is 34.2 Å². The summed E-state index contributed by atoms with van der Waals surface area (Å²) in [5.74, 6) is -0.490. The second kappa shape index (κ2) is 5.22. The van der Waals surface area contributed by atoms with Crippen molar-refractivity contribution in [1.29, 1.82) is 0 Å². The molecule has 5 heteroatoms. The molecule has 1 aromatic heterocycles. The van der Waals surface area contributed by atoms with Crippen molar-refractivity contribution in [2.45, 2.75) is 6.54 Å². The van der Waals surface area contributed by atoms with E-state index in [0.29, 0.717) is 12.3 Å². The topological polar surface area (TPSA) is 62.5 Å². The number of aromatic carboxylic acids is 1. The molecule has 1 heterocycles. The van der Waals surface area contributed by atoms with Crippen molar-refractivity contribution in [3.05, 3.63) is 51.5 Å². The Bertz CT molecular complexity index is 536. The van der Waals surface area contributed by atoms with Crippen molar-refractivity contribution < 1.29 is 14.3 Å². The van der Waals surface area contributed by atoms with E-state index in [9.17, 15) is 4.79 Å². The first-order valence-electron chi connectivity index (χ1n) is 4.96. The van der Waals surface area contributed by atoms with Gasteiger partial charge >= 0.3 is 5.97 Å². The average molecular weight is 343 g/mol. The van der Waals surface area contributed by atoms with Crippen LogP contribution < -0.4 is 5.32 Å². The van der Waals surface area contributed by atoms with Crippen molar-refractivity contribution in [3.63, 3.8) is 0 Å². The van der Waals surface area contributed by atoms with E-state index in [0.717, 1.165) is 9.26 Å². The summed E-state index contributed by atoms with van der Waals surface area (Å²) in [4.78, 5) is 10.6. The molecule has 17 heavy (non-hydrogen) atoms. The molecular weight excluding hydrogens is 333 g/mol. The van der Waals surface area contributed by atoms with Gasteiger partial charge in [-0.25, -0.2) is 4.79 Å². The van der Waals surface area contributed by atoms with Crippen LogP contribution in [0.2, 0.25) is 0 Å². The molecule has 0 spiro atoms. The van der Waals surface area contributed by atoms with Crippen LogP contribution in [0.1, 0.15) is 16.3 Å². The van der Waals surface area contributed by atoms with Crippen LogP contribution in [0.5, 0.6) is 0 Å². The van der Waals surface area contributed by atoms with Crippen molar-refractivity contribution in [2.75, 3.05) is 5.32 Å². The van der Waals surface area contributed by atoms with Gasteiger partial charge in [0.05, 0.1) is 6.54 Å². The number of carboxylic acid groups (broad SMARTS) is 1. The first-order valence-corrected chi connectivity index (χ1v) is 6.04. The predicted octanol–water partition coefficient (Wildman–Crippen LogP) is 3.19. The van der Waals surface area contributed by atoms with Gasteiger partial charge < -0.3 is 14.8 Å². The zero-order valence-corrected chi connectivity index (χ0v) is 11.0. The Kier molecular flexibility index (Phi) is 3.68. The summed E-state index contributed by atoms with van der Waals surface area (Å²) >= 11 is 2.23. The van der Waals surface area contributed by atoms with Gasteiger partial charge in [0.2, 0.25) is 5.76 Å². The number of hydrogen-bond acceptors (Lipinski definition) is 3. The fourth-order valence-electron chi connectivity index (χ4n) is 1.38. The zero-order valence-electron chi connectivity index (χ0n) is 8.81. The number of hydrogen-bond donors (Lipinski definition) is 2. The number of furan rings is 1. The molecule has 2 rings (SSSR count). The molecule has 2 N–H and O–H groups in total. The minimum atomic E-state index is -1.05. The summed E-state index contributed by atoms with van der Waals surface area (Å²) in [6.45, 7) is 0.466. The quantitative estimate of drug-likeness (QED) is 0.837. The van der Waals surface area contributed by atoms with Gasteiger partial charge in [0.15, 0.2) is 0 Å². The smallest absolute Gasteiger partial charge is 0.371 e. The van der Waals surface area contributed by atoms with Crippen LogP contribution >= 0.6 is 22.6 Å². The molecule has 0 fully saturated rings. The number of benzene rings is 1. The standard InChI is InChI=1S/C12H10INO3/c13-8-2-1-3-9(6-8)14-7-10-4-5-11(17-10)12(15)16/h1-6,14H,7H2,(H,15,16). The molecule has 88 valence electrons. The summed E-state index contributed by atoms with van der Waals surface area (Å²) in [5, 5.41) is 11.9. The number of nitrogens with one attached hydrogen (secondary N) is 1. The lowest BCUT2D eigenvalue weighted by Crippen LogP contribution is -1.98. The minimum Gasteiger partial charge on any atom is -0.475 e. The third-order valence-corrected chi connectivity index (χ3v) is 2.83. The molecular formula is C12H10INO3. The lowest BCUT2D eigenvalue weighted by Gasteiger charge is -2.04. The molecule has 2 aromatic rings. The Morgan fingerprint density at radius 2 is 2.18 bits per heavy atom. The summed E-state index contributed by atoms with van der Waals surface area (Å²) in [7, 11) is 0. The van der Waals surface area contributed by atoms with Crippen LogP contribution in [-0.4, -0.2) is 11.1 Å². The second-order valence-corrected chi connectivity index (χ2v) is 4.68. The van der Waals surface area contributed by atoms with Crippen LogP contribution in [0, 0.1) is 3.57 Å². The Balaban J connectivity index is 2.00. The maximum absolute atomic E-state index is 10.6. The van der Waals surface area contributed by atoms with Gasteiger partial charge in [0, 0.05) is 9.26 Å². The Labute approximate surface area is 112 Å². The van der Waals surface area contributed by atoms with E-state index in [4.69, 9.17) is 9.52 Å². The highest BCUT2D eigenvalue weighted by Gasteiger charge is 2.08. The Hall–Kier alpha value is -1.50. The molecule has 0 amide bonds. The molecule has 0 saturated heterocycles. The highest BCUT2D eigenvalue weighted by Crippen LogP contribution is 2.14. The van der Waals surface area contributed by atoms with Gasteiger partial charge in [-0.3, -0.25) is 0 Å². The molecule has 0 aliphatic heterocycles. The summed E-state index contributed by atoms with van der Waals surface area (Å²) in [6.07, 6.45) is 0. The molecule has 0 unspecified atom stereocenters. The molecule has 0 saturated carbocycles. The highest BCUT2D eigenvalue weighted by atomic mass is 127. The maximum atomic E-state index is 10.6. The predicted molar refractivity (Wildman–Crippen MR) is 72.2 cm³/mol. The third-order valence-electron chi connectivity index (χ3n) is 2.16. The summed E-state index contributed by atoms with van der Waals surface area (Å²) < 4.78 is 6.27. The van der Waals surface area contributed by atoms with E-state index >= 15 is 0 Å². The lowest BCUT2D eigenvalue weighted by atomic mass is 10.3. The fraction of sp³-hybridized carbons (Fsp3) is 0.0833. The van der Waals surface area contributed by atoms with E-state index in [2.05, 4.69) is 27.9 Å². The lowest BCUT2D eigenvalue weighted by molar-refractivity contribution is 0.0660. The molecule has 0 atom stereocenters. The molecule has 1 aromatic carbocycles. The number of rotatable bonds is 4. The molecule has 0 bridgehead atoms. The van der Waals surface area contributed by atoms with Gasteiger partial charge in [-0.1, -0.05) is 6.07 Å². The van der Waals surface area contributed by atoms with Gasteiger partial charge in [0.1, 0.15) is 5.76 Å². The fourth-order valence-corrected chi connectivity index (χ4v) is 1.92. The van der Waals surface area contributed by atoms with Gasteiger partial charge in [-0.05, 0) is 52.9 Å². The monoisotopic (exact) mass is 343 g/mol. The number of anilines is 1. The minimum absolute atomic E-state index is 0.0376. The highest BCUT2D eigenvalue weighted by molar-refractivity contribution is 14.1. The molecule has 0 aliphatic rings. The second-order valence-electron chi connectivity index (χ2n) is 3.44. The third kappa shape index (κ3) is 3.23. The molecule has 4 nitrogen and oxygen atoms in total. The van der Waals surface area contributed by atoms with Crippen molar-refractivity contribution in [2.24, 2.45) is 0 Å². The van der Waals surface area contributed by atoms with E-state index in [1.54, 1.807) is 6.07 Å². The SMILES string of the molecule is O=C(O)c1ccc(CNc2cccc(I)c2)o1. The first kappa shape index (κ1) is 12.0. The van der Waals surface area contributed by atoms with Crippen LogP contribution in [0.4, 0.5) is 5.69 Å². The molecule has 0 radical (unpaired) electrons. The van der Waals surface area contributed by atoms with Gasteiger partial charge in [-0.15, -0.1) is 0 Å². The van der Waals surface area contributed by atoms with E-state index in [1.165, 1.54) is 6.07 Å². The van der Waals surface area contributed by atoms with Crippen LogP contribution in [0.15, 0.2) is 40.8 Å². The largest absolute Gasteiger partial charge is 0.475 e. The van der Waals surface area contributed by atoms with Crippen LogP contribution in [-0.2, 0) is 6.54 Å². The van der Waals surface area contributed by atoms with Crippen LogP contribution in [0.3, 0.4) is 0 Å². The Morgan fingerprint density at radius 3 is 2.82 bits per heavy atom. The zero-order chi connectivity index (χ0) is 12.3. The number of carboxylic acids is 1. The summed E-state index contributed by atoms with van der Waals surface area (Å²) in [5.41, 5.74) is 0.977. The summed E-state index contributed by atoms with van der Waals surface area (Å²) in [6, 6.07) is 11.0. The normalized spacial score (nSPS) is 10.2. The van der Waals surface area contributed by atoms with E-state index in [1.807, 2.05) is 24.3 Å². The average Bonchev–Trinajstić information content (AvgIpc) is 2.75. The molecule has 0 aliphatic carbocycles. The van der Waals surface area contributed by atoms with E-state index in [-0.39, 0.29) is 5.76 Å². The van der Waals surface area contributed by atoms with E-state index < -0.39 is 5.97 Å².